The van der Waals surface area contributed by atoms with Crippen LogP contribution in [0.5, 0.6) is 0 Å². The minimum absolute atomic E-state index is 0.0301. The van der Waals surface area contributed by atoms with Crippen LogP contribution in [-0.2, 0) is 10.0 Å². The second kappa shape index (κ2) is 14.6. The third kappa shape index (κ3) is 10.7. The van der Waals surface area contributed by atoms with Gasteiger partial charge in [-0.05, 0) is 62.9 Å². The van der Waals surface area contributed by atoms with Crippen molar-refractivity contribution in [1.29, 1.82) is 0 Å². The highest BCUT2D eigenvalue weighted by Gasteiger charge is 2.10. The zero-order valence-electron chi connectivity index (χ0n) is 18.3. The van der Waals surface area contributed by atoms with Crippen LogP contribution in [0.2, 0.25) is 0 Å². The number of allylic oxidation sites excluding steroid dienone is 2. The minimum Gasteiger partial charge on any atom is -0.386 e. The number of primary sulfonamides is 1. The van der Waals surface area contributed by atoms with Crippen molar-refractivity contribution >= 4 is 45.7 Å². The Morgan fingerprint density at radius 1 is 1.28 bits per heavy atom. The number of nitrogens with zero attached hydrogens (tertiary/aromatic N) is 3. The van der Waals surface area contributed by atoms with Crippen molar-refractivity contribution in [2.75, 3.05) is 18.8 Å². The van der Waals surface area contributed by atoms with Crippen LogP contribution in [0, 0.1) is 12.8 Å². The topological polar surface area (TPSA) is 135 Å². The number of amidine groups is 2. The Labute approximate surface area is 196 Å². The molecule has 1 unspecified atom stereocenters. The predicted octanol–water partition coefficient (Wildman–Crippen LogP) is 2.45. The first-order valence-electron chi connectivity index (χ1n) is 10.2. The molecule has 1 heterocycles. The number of nitrogens with one attached hydrogen (secondary N) is 1. The number of sulfonamides is 1. The third-order valence-electron chi connectivity index (χ3n) is 4.52. The van der Waals surface area contributed by atoms with Crippen molar-refractivity contribution in [3.8, 4) is 12.8 Å². The van der Waals surface area contributed by atoms with E-state index in [-0.39, 0.29) is 4.90 Å². The molecule has 0 spiro atoms. The highest BCUT2D eigenvalue weighted by atomic mass is 32.2. The highest BCUT2D eigenvalue weighted by Crippen LogP contribution is 2.16. The summed E-state index contributed by atoms with van der Waals surface area (Å²) in [5.41, 5.74) is 7.71. The van der Waals surface area contributed by atoms with E-state index in [2.05, 4.69) is 57.9 Å². The Balaban J connectivity index is 0.00000249. The fourth-order valence-corrected chi connectivity index (χ4v) is 3.61. The van der Waals surface area contributed by atoms with E-state index in [1.54, 1.807) is 12.1 Å². The number of hydrogen-bond acceptors (Lipinski definition) is 6. The number of aliphatic imine (C=N–C) groups is 3. The summed E-state index contributed by atoms with van der Waals surface area (Å²) in [7, 11) is -3.73. The summed E-state index contributed by atoms with van der Waals surface area (Å²) in [4.78, 5) is 13.3. The second-order valence-electron chi connectivity index (χ2n) is 7.05. The number of rotatable bonds is 6. The summed E-state index contributed by atoms with van der Waals surface area (Å²) in [6.45, 7) is 3.31. The number of terminal acetylenes is 1. The lowest BCUT2D eigenvalue weighted by Gasteiger charge is -2.18. The lowest BCUT2D eigenvalue weighted by atomic mass is 10.0. The van der Waals surface area contributed by atoms with E-state index in [4.69, 9.17) is 10.9 Å². The van der Waals surface area contributed by atoms with Crippen molar-refractivity contribution < 1.29 is 8.42 Å². The van der Waals surface area contributed by atoms with Crippen LogP contribution in [0.4, 0.5) is 5.69 Å². The first kappa shape index (κ1) is 27.6. The molecule has 0 saturated heterocycles. The molecule has 1 aromatic carbocycles. The maximum atomic E-state index is 11.3. The molecule has 174 valence electrons. The van der Waals surface area contributed by atoms with Gasteiger partial charge in [0.25, 0.3) is 0 Å². The number of nitrogens with two attached hydrogens (primary N) is 2. The van der Waals surface area contributed by atoms with E-state index in [1.165, 1.54) is 12.1 Å². The molecule has 1 aliphatic rings. The van der Waals surface area contributed by atoms with Crippen LogP contribution in [0.15, 0.2) is 56.3 Å². The zero-order chi connectivity index (χ0) is 24.0. The van der Waals surface area contributed by atoms with E-state index in [9.17, 15) is 8.42 Å². The average molecular weight is 477 g/mol. The standard InChI is InChI=1S/C20H30N6O2S2.C2H2/c1-15-5-2-3-6-16(7-4-12-23-15)24-13-19(21)26-20(14-29)25-17-8-10-18(11-9-17)30(22,27)28;1-2/h2,5,8-11,16,24,29H,3-4,6-7,12-14H2,1H3,(H2,21,25,26)(H2,22,27,28);1-2H/b5-2-,23-15?;. The van der Waals surface area contributed by atoms with Gasteiger partial charge in [-0.25, -0.2) is 23.5 Å². The predicted molar refractivity (Wildman–Crippen MR) is 138 cm³/mol. The molecular formula is C22H32N6O2S2. The molecule has 1 atom stereocenters. The Kier molecular flexibility index (Phi) is 12.6. The van der Waals surface area contributed by atoms with E-state index >= 15 is 0 Å². The van der Waals surface area contributed by atoms with Crippen molar-refractivity contribution in [3.63, 3.8) is 0 Å². The fraction of sp³-hybridized carbons (Fsp3) is 0.409. The molecule has 32 heavy (non-hydrogen) atoms. The highest BCUT2D eigenvalue weighted by molar-refractivity contribution is 7.89. The third-order valence-corrected chi connectivity index (χ3v) is 5.73. The van der Waals surface area contributed by atoms with Crippen molar-refractivity contribution in [3.05, 3.63) is 36.4 Å². The van der Waals surface area contributed by atoms with Crippen LogP contribution in [0.25, 0.3) is 0 Å². The van der Waals surface area contributed by atoms with Crippen molar-refractivity contribution in [2.24, 2.45) is 25.8 Å². The van der Waals surface area contributed by atoms with Crippen molar-refractivity contribution in [1.82, 2.24) is 5.32 Å². The van der Waals surface area contributed by atoms with Crippen LogP contribution in [0.1, 0.15) is 32.6 Å². The number of benzene rings is 1. The molecule has 0 radical (unpaired) electrons. The number of hydrogen-bond donors (Lipinski definition) is 4. The zero-order valence-corrected chi connectivity index (χ0v) is 20.0. The van der Waals surface area contributed by atoms with Gasteiger partial charge in [0.15, 0.2) is 0 Å². The van der Waals surface area contributed by atoms with Crippen LogP contribution in [-0.4, -0.2) is 50.7 Å². The molecule has 0 aliphatic carbocycles. The molecule has 1 aliphatic heterocycles. The Morgan fingerprint density at radius 2 is 1.97 bits per heavy atom. The van der Waals surface area contributed by atoms with Gasteiger partial charge < -0.3 is 11.1 Å². The first-order valence-corrected chi connectivity index (χ1v) is 12.3. The monoisotopic (exact) mass is 476 g/mol. The molecule has 1 aromatic rings. The minimum atomic E-state index is -3.73. The summed E-state index contributed by atoms with van der Waals surface area (Å²) >= 11 is 4.26. The maximum absolute atomic E-state index is 11.3. The molecule has 0 fully saturated rings. The van der Waals surface area contributed by atoms with Gasteiger partial charge in [-0.15, -0.1) is 12.8 Å². The van der Waals surface area contributed by atoms with Crippen LogP contribution < -0.4 is 16.2 Å². The smallest absolute Gasteiger partial charge is 0.238 e. The summed E-state index contributed by atoms with van der Waals surface area (Å²) < 4.78 is 22.7. The van der Waals surface area contributed by atoms with E-state index in [1.807, 2.05) is 6.92 Å². The summed E-state index contributed by atoms with van der Waals surface area (Å²) in [5.74, 6) is 1.16. The summed E-state index contributed by atoms with van der Waals surface area (Å²) in [6.07, 6.45) is 16.3. The fourth-order valence-electron chi connectivity index (χ4n) is 2.95. The van der Waals surface area contributed by atoms with Gasteiger partial charge in [-0.1, -0.05) is 6.08 Å². The lowest BCUT2D eigenvalue weighted by Crippen LogP contribution is -2.37. The molecule has 0 bridgehead atoms. The molecule has 5 N–H and O–H groups in total. The number of thiol groups is 1. The van der Waals surface area contributed by atoms with Crippen LogP contribution in [0.3, 0.4) is 0 Å². The van der Waals surface area contributed by atoms with Gasteiger partial charge in [-0.2, -0.15) is 12.6 Å². The maximum Gasteiger partial charge on any atom is 0.238 e. The van der Waals surface area contributed by atoms with E-state index in [0.717, 1.165) is 37.9 Å². The normalized spacial score (nSPS) is 19.3. The van der Waals surface area contributed by atoms with Gasteiger partial charge >= 0.3 is 0 Å². The molecular weight excluding hydrogens is 444 g/mol. The van der Waals surface area contributed by atoms with Gasteiger partial charge in [-0.3, -0.25) is 4.99 Å². The van der Waals surface area contributed by atoms with Gasteiger partial charge in [0.2, 0.25) is 10.0 Å². The van der Waals surface area contributed by atoms with E-state index in [0.29, 0.717) is 35.7 Å². The summed E-state index contributed by atoms with van der Waals surface area (Å²) in [5, 5.41) is 8.57. The Morgan fingerprint density at radius 3 is 2.59 bits per heavy atom. The first-order chi connectivity index (χ1) is 15.3. The van der Waals surface area contributed by atoms with Gasteiger partial charge in [0.1, 0.15) is 11.7 Å². The van der Waals surface area contributed by atoms with Gasteiger partial charge in [0.05, 0.1) is 22.9 Å². The van der Waals surface area contributed by atoms with Crippen LogP contribution >= 0.6 is 12.6 Å². The molecule has 0 saturated carbocycles. The molecule has 0 amide bonds. The Hall–Kier alpha value is -2.45. The van der Waals surface area contributed by atoms with Gasteiger partial charge in [0, 0.05) is 18.3 Å². The second-order valence-corrected chi connectivity index (χ2v) is 8.93. The van der Waals surface area contributed by atoms with E-state index < -0.39 is 10.0 Å². The Bertz CT molecular complexity index is 964. The lowest BCUT2D eigenvalue weighted by molar-refractivity contribution is 0.469. The molecule has 8 nitrogen and oxygen atoms in total. The molecule has 10 heteroatoms. The average Bonchev–Trinajstić information content (AvgIpc) is 2.78. The largest absolute Gasteiger partial charge is 0.386 e. The molecule has 2 rings (SSSR count). The molecule has 0 aromatic heterocycles. The summed E-state index contributed by atoms with van der Waals surface area (Å²) in [6, 6.07) is 6.27. The van der Waals surface area contributed by atoms with Crippen molar-refractivity contribution in [2.45, 2.75) is 43.5 Å². The quantitative estimate of drug-likeness (QED) is 0.217. The SMILES string of the molecule is C#C.CC1=NCCCC(NCC(N)=NC(CS)=Nc2ccc(S(N)(=O)=O)cc2)CC/C=C\1.